The molecule has 1 aromatic carbocycles. The quantitative estimate of drug-likeness (QED) is 0.935. The fraction of sp³-hybridized carbons (Fsp3) is 0.357. The van der Waals surface area contributed by atoms with Gasteiger partial charge in [-0.25, -0.2) is 4.98 Å². The van der Waals surface area contributed by atoms with Crippen LogP contribution in [0.2, 0.25) is 0 Å². The summed E-state index contributed by atoms with van der Waals surface area (Å²) < 4.78 is 7.90. The summed E-state index contributed by atoms with van der Waals surface area (Å²) in [5.74, 6) is 0. The summed E-state index contributed by atoms with van der Waals surface area (Å²) in [5, 5.41) is 3.19. The van der Waals surface area contributed by atoms with Crippen molar-refractivity contribution in [2.75, 3.05) is 20.2 Å². The van der Waals surface area contributed by atoms with Gasteiger partial charge in [0.25, 0.3) is 0 Å². The molecule has 0 aliphatic carbocycles. The van der Waals surface area contributed by atoms with Crippen LogP contribution in [0.4, 0.5) is 0 Å². The van der Waals surface area contributed by atoms with Crippen LogP contribution in [0.1, 0.15) is 17.2 Å². The predicted octanol–water partition coefficient (Wildman–Crippen LogP) is 2.13. The van der Waals surface area contributed by atoms with Crippen LogP contribution in [-0.2, 0) is 11.2 Å². The van der Waals surface area contributed by atoms with Crippen LogP contribution in [0.15, 0.2) is 36.9 Å². The summed E-state index contributed by atoms with van der Waals surface area (Å²) >= 11 is 0. The van der Waals surface area contributed by atoms with E-state index in [-0.39, 0.29) is 18.5 Å². The maximum atomic E-state index is 5.83. The van der Waals surface area contributed by atoms with Crippen LogP contribution in [0, 0.1) is 0 Å². The molecule has 5 heteroatoms. The highest BCUT2D eigenvalue weighted by Gasteiger charge is 2.22. The monoisotopic (exact) mass is 279 g/mol. The second-order valence-electron chi connectivity index (χ2n) is 4.48. The number of hydrogen-bond acceptors (Lipinski definition) is 3. The van der Waals surface area contributed by atoms with Crippen LogP contribution in [-0.4, -0.2) is 29.8 Å². The summed E-state index contributed by atoms with van der Waals surface area (Å²) in [6.07, 6.45) is 6.76. The van der Waals surface area contributed by atoms with E-state index in [1.54, 1.807) is 0 Å². The first-order valence-electron chi connectivity index (χ1n) is 6.26. The third kappa shape index (κ3) is 2.66. The van der Waals surface area contributed by atoms with E-state index >= 15 is 0 Å². The van der Waals surface area contributed by atoms with Gasteiger partial charge in [-0.1, -0.05) is 12.1 Å². The van der Waals surface area contributed by atoms with E-state index in [0.717, 1.165) is 19.6 Å². The number of benzene rings is 1. The fourth-order valence-corrected chi connectivity index (χ4v) is 2.56. The van der Waals surface area contributed by atoms with Gasteiger partial charge in [0, 0.05) is 18.9 Å². The molecule has 0 fully saturated rings. The number of halogens is 1. The lowest BCUT2D eigenvalue weighted by molar-refractivity contribution is 0.0438. The molecule has 0 amide bonds. The van der Waals surface area contributed by atoms with E-state index in [1.165, 1.54) is 16.8 Å². The highest BCUT2D eigenvalue weighted by atomic mass is 35.5. The lowest BCUT2D eigenvalue weighted by Gasteiger charge is -2.27. The Bertz CT molecular complexity index is 527. The lowest BCUT2D eigenvalue weighted by Crippen LogP contribution is -2.26. The van der Waals surface area contributed by atoms with Gasteiger partial charge in [-0.15, -0.1) is 12.4 Å². The Morgan fingerprint density at radius 2 is 2.37 bits per heavy atom. The number of ether oxygens (including phenoxy) is 1. The number of aromatic nitrogens is 2. The number of hydrogen-bond donors (Lipinski definition) is 1. The first-order valence-corrected chi connectivity index (χ1v) is 6.26. The normalized spacial score (nSPS) is 17.6. The average molecular weight is 280 g/mol. The molecule has 2 heterocycles. The molecule has 1 unspecified atom stereocenters. The Balaban J connectivity index is 0.00000133. The molecule has 1 atom stereocenters. The lowest BCUT2D eigenvalue weighted by atomic mass is 9.95. The van der Waals surface area contributed by atoms with Crippen LogP contribution in [0.25, 0.3) is 5.69 Å². The van der Waals surface area contributed by atoms with Gasteiger partial charge >= 0.3 is 0 Å². The van der Waals surface area contributed by atoms with Crippen molar-refractivity contribution >= 4 is 12.4 Å². The maximum absolute atomic E-state index is 5.83. The van der Waals surface area contributed by atoms with E-state index in [4.69, 9.17) is 4.74 Å². The van der Waals surface area contributed by atoms with Crippen molar-refractivity contribution in [2.45, 2.75) is 12.5 Å². The Kier molecular flexibility index (Phi) is 4.58. The van der Waals surface area contributed by atoms with Gasteiger partial charge in [-0.3, -0.25) is 0 Å². The molecule has 0 saturated heterocycles. The van der Waals surface area contributed by atoms with Gasteiger partial charge in [0.15, 0.2) is 0 Å². The average Bonchev–Trinajstić information content (AvgIpc) is 2.93. The van der Waals surface area contributed by atoms with E-state index in [1.807, 2.05) is 25.8 Å². The topological polar surface area (TPSA) is 39.1 Å². The highest BCUT2D eigenvalue weighted by molar-refractivity contribution is 5.85. The molecule has 1 aromatic heterocycles. The smallest absolute Gasteiger partial charge is 0.0991 e. The van der Waals surface area contributed by atoms with Crippen LogP contribution in [0.5, 0.6) is 0 Å². The number of rotatable bonds is 3. The third-order valence-electron chi connectivity index (χ3n) is 3.38. The summed E-state index contributed by atoms with van der Waals surface area (Å²) in [5.41, 5.74) is 3.89. The summed E-state index contributed by atoms with van der Waals surface area (Å²) in [4.78, 5) is 4.12. The third-order valence-corrected chi connectivity index (χ3v) is 3.38. The van der Waals surface area contributed by atoms with Gasteiger partial charge in [-0.05, 0) is 30.7 Å². The number of likely N-dealkylation sites (N-methyl/N-ethyl adjacent to an activating group) is 1. The molecule has 1 aliphatic rings. The Morgan fingerprint density at radius 1 is 1.47 bits per heavy atom. The second kappa shape index (κ2) is 6.19. The van der Waals surface area contributed by atoms with Crippen molar-refractivity contribution in [3.63, 3.8) is 0 Å². The van der Waals surface area contributed by atoms with Crippen LogP contribution >= 0.6 is 12.4 Å². The Labute approximate surface area is 119 Å². The standard InChI is InChI=1S/C14H17N3O.ClH/c1-15-9-14-12-3-2-4-13(11(12)5-8-18-14)17-7-6-16-10-17;/h2-4,6-7,10,14-15H,5,8-9H2,1H3;1H. The largest absolute Gasteiger partial charge is 0.372 e. The zero-order valence-electron chi connectivity index (χ0n) is 10.9. The molecule has 2 aromatic rings. The van der Waals surface area contributed by atoms with Crippen LogP contribution in [0.3, 0.4) is 0 Å². The van der Waals surface area contributed by atoms with E-state index < -0.39 is 0 Å². The first kappa shape index (κ1) is 14.1. The second-order valence-corrected chi connectivity index (χ2v) is 4.48. The van der Waals surface area contributed by atoms with Crippen molar-refractivity contribution in [1.29, 1.82) is 0 Å². The summed E-state index contributed by atoms with van der Waals surface area (Å²) in [6, 6.07) is 6.39. The van der Waals surface area contributed by atoms with Gasteiger partial charge in [-0.2, -0.15) is 0 Å². The van der Waals surface area contributed by atoms with E-state index in [2.05, 4.69) is 33.1 Å². The maximum Gasteiger partial charge on any atom is 0.0991 e. The van der Waals surface area contributed by atoms with Gasteiger partial charge in [0.1, 0.15) is 0 Å². The molecule has 0 radical (unpaired) electrons. The van der Waals surface area contributed by atoms with Crippen molar-refractivity contribution in [3.05, 3.63) is 48.0 Å². The van der Waals surface area contributed by atoms with Crippen molar-refractivity contribution in [1.82, 2.24) is 14.9 Å². The minimum absolute atomic E-state index is 0. The minimum atomic E-state index is 0. The van der Waals surface area contributed by atoms with Crippen molar-refractivity contribution in [3.8, 4) is 5.69 Å². The molecule has 3 rings (SSSR count). The number of nitrogens with zero attached hydrogens (tertiary/aromatic N) is 2. The SMILES string of the molecule is CNCC1OCCc2c1cccc2-n1ccnc1.Cl. The summed E-state index contributed by atoms with van der Waals surface area (Å²) in [6.45, 7) is 1.63. The molecular formula is C14H18ClN3O. The Morgan fingerprint density at radius 3 is 3.11 bits per heavy atom. The summed E-state index contributed by atoms with van der Waals surface area (Å²) in [7, 11) is 1.96. The molecule has 4 nitrogen and oxygen atoms in total. The minimum Gasteiger partial charge on any atom is -0.372 e. The van der Waals surface area contributed by atoms with E-state index in [0.29, 0.717) is 0 Å². The predicted molar refractivity (Wildman–Crippen MR) is 77.1 cm³/mol. The molecule has 0 spiro atoms. The molecule has 1 N–H and O–H groups in total. The molecule has 0 saturated carbocycles. The zero-order valence-corrected chi connectivity index (χ0v) is 11.7. The van der Waals surface area contributed by atoms with Gasteiger partial charge in [0.2, 0.25) is 0 Å². The van der Waals surface area contributed by atoms with Gasteiger partial charge in [0.05, 0.1) is 24.7 Å². The molecule has 19 heavy (non-hydrogen) atoms. The number of nitrogens with one attached hydrogen (secondary N) is 1. The van der Waals surface area contributed by atoms with Gasteiger partial charge < -0.3 is 14.6 Å². The zero-order chi connectivity index (χ0) is 12.4. The van der Waals surface area contributed by atoms with E-state index in [9.17, 15) is 0 Å². The first-order chi connectivity index (χ1) is 8.90. The Hall–Kier alpha value is -1.36. The number of imidazole rings is 1. The molecule has 0 bridgehead atoms. The molecule has 102 valence electrons. The van der Waals surface area contributed by atoms with Crippen LogP contribution < -0.4 is 5.32 Å². The fourth-order valence-electron chi connectivity index (χ4n) is 2.56. The molecular weight excluding hydrogens is 262 g/mol. The number of fused-ring (bicyclic) bond motifs is 1. The molecule has 1 aliphatic heterocycles. The van der Waals surface area contributed by atoms with Crippen molar-refractivity contribution < 1.29 is 4.74 Å². The highest BCUT2D eigenvalue weighted by Crippen LogP contribution is 2.30. The van der Waals surface area contributed by atoms with Crippen molar-refractivity contribution in [2.24, 2.45) is 0 Å².